The Balaban J connectivity index is 1.26. The van der Waals surface area contributed by atoms with Crippen molar-refractivity contribution in [2.45, 2.75) is 71.6 Å². The number of hydrogen-bond donors (Lipinski definition) is 1. The molecule has 1 saturated heterocycles. The Morgan fingerprint density at radius 1 is 0.909 bits per heavy atom. The van der Waals surface area contributed by atoms with E-state index >= 15 is 0 Å². The van der Waals surface area contributed by atoms with Crippen molar-refractivity contribution in [1.29, 1.82) is 0 Å². The average molecular weight is 593 g/mol. The van der Waals surface area contributed by atoms with E-state index in [1.807, 2.05) is 68.2 Å². The Labute approximate surface area is 258 Å². The number of oxazole rings is 1. The minimum atomic E-state index is -0.501. The number of carbonyl (C=O) groups excluding carboxylic acids is 1. The van der Waals surface area contributed by atoms with Gasteiger partial charge in [0.1, 0.15) is 16.9 Å². The number of carbonyl (C=O) groups is 1. The third kappa shape index (κ3) is 6.61. The zero-order valence-electron chi connectivity index (χ0n) is 26.3. The molecule has 0 aliphatic carbocycles. The lowest BCUT2D eigenvalue weighted by atomic mass is 10.0. The summed E-state index contributed by atoms with van der Waals surface area (Å²) < 4.78 is 13.9. The molecule has 3 aromatic heterocycles. The molecule has 0 bridgehead atoms. The van der Waals surface area contributed by atoms with E-state index in [0.717, 1.165) is 51.8 Å². The van der Waals surface area contributed by atoms with Gasteiger partial charge in [-0.15, -0.1) is 0 Å². The van der Waals surface area contributed by atoms with Crippen molar-refractivity contribution < 1.29 is 13.9 Å². The van der Waals surface area contributed by atoms with Gasteiger partial charge in [0, 0.05) is 42.1 Å². The minimum absolute atomic E-state index is 0.201. The van der Waals surface area contributed by atoms with Gasteiger partial charge in [-0.2, -0.15) is 5.10 Å². The Morgan fingerprint density at radius 2 is 1.66 bits per heavy atom. The molecule has 228 valence electrons. The number of benzene rings is 2. The van der Waals surface area contributed by atoms with Crippen LogP contribution in [0.3, 0.4) is 0 Å². The van der Waals surface area contributed by atoms with Crippen LogP contribution in [-0.2, 0) is 4.74 Å². The van der Waals surface area contributed by atoms with Crippen LogP contribution in [-0.4, -0.2) is 55.0 Å². The molecule has 1 fully saturated rings. The Kier molecular flexibility index (Phi) is 7.65. The van der Waals surface area contributed by atoms with Crippen molar-refractivity contribution in [2.24, 2.45) is 0 Å². The zero-order chi connectivity index (χ0) is 31.1. The first-order valence-electron chi connectivity index (χ1n) is 15.2. The van der Waals surface area contributed by atoms with Crippen molar-refractivity contribution >= 4 is 23.0 Å². The summed E-state index contributed by atoms with van der Waals surface area (Å²) in [6.45, 7) is 13.2. The van der Waals surface area contributed by atoms with Gasteiger partial charge in [-0.1, -0.05) is 36.4 Å². The highest BCUT2D eigenvalue weighted by atomic mass is 16.6. The normalized spacial score (nSPS) is 14.6. The quantitative estimate of drug-likeness (QED) is 0.220. The fourth-order valence-corrected chi connectivity index (χ4v) is 5.42. The van der Waals surface area contributed by atoms with Crippen LogP contribution in [0.15, 0.2) is 77.6 Å². The van der Waals surface area contributed by atoms with Crippen molar-refractivity contribution in [2.75, 3.05) is 18.4 Å². The van der Waals surface area contributed by atoms with E-state index in [-0.39, 0.29) is 17.7 Å². The SMILES string of the molecule is CC(C)(C)Nc1ncc(-c2cnn(C3CCN(C(=O)OC(C)(C)C)CC3)c2)cc1-c1nc2ccc(-c3ccccc3)cc2o1. The van der Waals surface area contributed by atoms with Gasteiger partial charge in [-0.25, -0.2) is 14.8 Å². The number of rotatable bonds is 5. The molecular weight excluding hydrogens is 552 g/mol. The van der Waals surface area contributed by atoms with Crippen molar-refractivity contribution in [3.05, 3.63) is 73.2 Å². The molecule has 6 rings (SSSR count). The molecule has 1 aliphatic rings. The molecule has 9 heteroatoms. The minimum Gasteiger partial charge on any atom is -0.444 e. The van der Waals surface area contributed by atoms with Crippen LogP contribution in [0.5, 0.6) is 0 Å². The van der Waals surface area contributed by atoms with Gasteiger partial charge in [-0.3, -0.25) is 4.68 Å². The molecule has 1 N–H and O–H groups in total. The van der Waals surface area contributed by atoms with Crippen LogP contribution in [0, 0.1) is 0 Å². The lowest BCUT2D eigenvalue weighted by molar-refractivity contribution is 0.0185. The number of aromatic nitrogens is 4. The predicted octanol–water partition coefficient (Wildman–Crippen LogP) is 8.20. The molecule has 0 radical (unpaired) electrons. The predicted molar refractivity (Wildman–Crippen MR) is 173 cm³/mol. The molecule has 1 aliphatic heterocycles. The van der Waals surface area contributed by atoms with Crippen LogP contribution in [0.4, 0.5) is 10.6 Å². The van der Waals surface area contributed by atoms with E-state index < -0.39 is 5.60 Å². The van der Waals surface area contributed by atoms with E-state index in [1.165, 1.54) is 0 Å². The number of nitrogens with zero attached hydrogens (tertiary/aromatic N) is 5. The molecule has 9 nitrogen and oxygen atoms in total. The first kappa shape index (κ1) is 29.4. The molecule has 0 unspecified atom stereocenters. The maximum Gasteiger partial charge on any atom is 0.410 e. The van der Waals surface area contributed by atoms with E-state index in [9.17, 15) is 4.79 Å². The highest BCUT2D eigenvalue weighted by molar-refractivity contribution is 5.85. The van der Waals surface area contributed by atoms with E-state index in [2.05, 4.69) is 56.6 Å². The molecule has 0 atom stereocenters. The number of amides is 1. The fraction of sp³-hybridized carbons (Fsp3) is 0.371. The van der Waals surface area contributed by atoms with Crippen molar-refractivity contribution in [1.82, 2.24) is 24.6 Å². The summed E-state index contributed by atoms with van der Waals surface area (Å²) in [6, 6.07) is 18.6. The summed E-state index contributed by atoms with van der Waals surface area (Å²) in [7, 11) is 0. The monoisotopic (exact) mass is 592 g/mol. The molecule has 0 spiro atoms. The molecule has 5 aromatic rings. The van der Waals surface area contributed by atoms with Gasteiger partial charge < -0.3 is 19.4 Å². The number of hydrogen-bond acceptors (Lipinski definition) is 7. The first-order valence-corrected chi connectivity index (χ1v) is 15.2. The lowest BCUT2D eigenvalue weighted by Crippen LogP contribution is -2.42. The number of fused-ring (bicyclic) bond motifs is 1. The van der Waals surface area contributed by atoms with Gasteiger partial charge in [0.25, 0.3) is 0 Å². The number of likely N-dealkylation sites (tertiary alicyclic amines) is 1. The molecule has 4 heterocycles. The maximum absolute atomic E-state index is 12.5. The van der Waals surface area contributed by atoms with Crippen LogP contribution in [0.1, 0.15) is 60.4 Å². The average Bonchev–Trinajstić information content (AvgIpc) is 3.64. The molecule has 1 amide bonds. The molecule has 44 heavy (non-hydrogen) atoms. The fourth-order valence-electron chi connectivity index (χ4n) is 5.42. The second kappa shape index (κ2) is 11.4. The summed E-state index contributed by atoms with van der Waals surface area (Å²) in [5, 5.41) is 8.22. The Hall–Kier alpha value is -4.66. The highest BCUT2D eigenvalue weighted by Gasteiger charge is 2.28. The zero-order valence-corrected chi connectivity index (χ0v) is 26.3. The number of anilines is 1. The van der Waals surface area contributed by atoms with Gasteiger partial charge >= 0.3 is 6.09 Å². The van der Waals surface area contributed by atoms with E-state index in [1.54, 1.807) is 4.90 Å². The lowest BCUT2D eigenvalue weighted by Gasteiger charge is -2.33. The standard InChI is InChI=1S/C35H40N6O3/c1-34(2,3)39-31-28(32-38-29-13-12-24(19-30(29)43-32)23-10-8-7-9-11-23)18-25(20-36-31)26-21-37-41(22-26)27-14-16-40(17-15-27)33(42)44-35(4,5)6/h7-13,18-22,27H,14-17H2,1-6H3,(H,36,39). The Morgan fingerprint density at radius 3 is 2.36 bits per heavy atom. The largest absolute Gasteiger partial charge is 0.444 e. The summed E-state index contributed by atoms with van der Waals surface area (Å²) in [5.74, 6) is 1.21. The molecule has 0 saturated carbocycles. The highest BCUT2D eigenvalue weighted by Crippen LogP contribution is 2.35. The smallest absolute Gasteiger partial charge is 0.410 e. The second-order valence-electron chi connectivity index (χ2n) is 13.5. The summed E-state index contributed by atoms with van der Waals surface area (Å²) >= 11 is 0. The summed E-state index contributed by atoms with van der Waals surface area (Å²) in [4.78, 5) is 24.0. The summed E-state index contributed by atoms with van der Waals surface area (Å²) in [6.07, 6.45) is 7.16. The van der Waals surface area contributed by atoms with Crippen LogP contribution < -0.4 is 5.32 Å². The van der Waals surface area contributed by atoms with Crippen molar-refractivity contribution in [3.63, 3.8) is 0 Å². The molecule has 2 aromatic carbocycles. The number of pyridine rings is 1. The van der Waals surface area contributed by atoms with Crippen molar-refractivity contribution in [3.8, 4) is 33.7 Å². The number of nitrogens with one attached hydrogen (secondary N) is 1. The third-order valence-corrected chi connectivity index (χ3v) is 7.53. The summed E-state index contributed by atoms with van der Waals surface area (Å²) in [5.41, 5.74) is 5.66. The first-order chi connectivity index (χ1) is 20.9. The van der Waals surface area contributed by atoms with E-state index in [0.29, 0.717) is 24.8 Å². The van der Waals surface area contributed by atoms with Gasteiger partial charge in [-0.05, 0) is 83.7 Å². The van der Waals surface area contributed by atoms with Gasteiger partial charge in [0.15, 0.2) is 5.58 Å². The third-order valence-electron chi connectivity index (χ3n) is 7.53. The Bertz CT molecular complexity index is 1770. The topological polar surface area (TPSA) is 98.3 Å². The van der Waals surface area contributed by atoms with Crippen LogP contribution in [0.2, 0.25) is 0 Å². The van der Waals surface area contributed by atoms with Crippen LogP contribution >= 0.6 is 0 Å². The number of piperidine rings is 1. The number of ether oxygens (including phenoxy) is 1. The molecular formula is C35H40N6O3. The van der Waals surface area contributed by atoms with Gasteiger partial charge in [0.2, 0.25) is 5.89 Å². The van der Waals surface area contributed by atoms with Crippen LogP contribution in [0.25, 0.3) is 44.8 Å². The second-order valence-corrected chi connectivity index (χ2v) is 13.5. The van der Waals surface area contributed by atoms with E-state index in [4.69, 9.17) is 24.2 Å². The maximum atomic E-state index is 12.5. The van der Waals surface area contributed by atoms with Gasteiger partial charge in [0.05, 0.1) is 17.8 Å².